The summed E-state index contributed by atoms with van der Waals surface area (Å²) in [6.45, 7) is 2.32. The van der Waals surface area contributed by atoms with Gasteiger partial charge in [-0.2, -0.15) is 0 Å². The summed E-state index contributed by atoms with van der Waals surface area (Å²) in [5, 5.41) is 0. The monoisotopic (exact) mass is 362 g/mol. The molecule has 1 unspecified atom stereocenters. The van der Waals surface area contributed by atoms with E-state index in [9.17, 15) is 4.79 Å². The summed E-state index contributed by atoms with van der Waals surface area (Å²) in [6, 6.07) is 12.7. The highest BCUT2D eigenvalue weighted by molar-refractivity contribution is 7.98. The Morgan fingerprint density at radius 2 is 1.72 bits per heavy atom. The molecule has 0 aliphatic carbocycles. The molecule has 0 saturated carbocycles. The van der Waals surface area contributed by atoms with Gasteiger partial charge in [0.1, 0.15) is 23.4 Å². The second-order valence-electron chi connectivity index (χ2n) is 5.35. The highest BCUT2D eigenvalue weighted by atomic mass is 32.2. The summed E-state index contributed by atoms with van der Waals surface area (Å²) in [6.07, 6.45) is 1.85. The van der Waals surface area contributed by atoms with E-state index in [-0.39, 0.29) is 6.10 Å². The number of ether oxygens (including phenoxy) is 4. The van der Waals surface area contributed by atoms with Gasteiger partial charge in [0.05, 0.1) is 19.3 Å². The molecule has 0 aliphatic heterocycles. The fourth-order valence-electron chi connectivity index (χ4n) is 2.22. The number of carbonyl (C=O) groups excluding carboxylic acids is 1. The average Bonchev–Trinajstić information content (AvgIpc) is 2.61. The van der Waals surface area contributed by atoms with E-state index in [1.165, 1.54) is 7.11 Å². The second kappa shape index (κ2) is 9.34. The van der Waals surface area contributed by atoms with Crippen LogP contribution >= 0.6 is 11.8 Å². The Balaban J connectivity index is 2.26. The minimum Gasteiger partial charge on any atom is -0.488 e. The van der Waals surface area contributed by atoms with Crippen molar-refractivity contribution in [2.24, 2.45) is 0 Å². The van der Waals surface area contributed by atoms with Crippen LogP contribution in [0.4, 0.5) is 0 Å². The number of benzene rings is 2. The van der Waals surface area contributed by atoms with Crippen molar-refractivity contribution in [1.29, 1.82) is 0 Å². The van der Waals surface area contributed by atoms with E-state index >= 15 is 0 Å². The van der Waals surface area contributed by atoms with Gasteiger partial charge in [-0.3, -0.25) is 0 Å². The van der Waals surface area contributed by atoms with Crippen molar-refractivity contribution in [1.82, 2.24) is 0 Å². The summed E-state index contributed by atoms with van der Waals surface area (Å²) in [7, 11) is 2.95. The van der Waals surface area contributed by atoms with Crippen LogP contribution in [0, 0.1) is 0 Å². The maximum atomic E-state index is 11.9. The quantitative estimate of drug-likeness (QED) is 0.512. The Morgan fingerprint density at radius 1 is 1.04 bits per heavy atom. The molecule has 0 spiro atoms. The van der Waals surface area contributed by atoms with E-state index in [0.717, 1.165) is 4.90 Å². The number of carbonyl (C=O) groups is 1. The summed E-state index contributed by atoms with van der Waals surface area (Å²) in [5.41, 5.74) is 0.361. The second-order valence-corrected chi connectivity index (χ2v) is 6.23. The fraction of sp³-hybridized carbons (Fsp3) is 0.316. The predicted octanol–water partition coefficient (Wildman–Crippen LogP) is 4.40. The van der Waals surface area contributed by atoms with Crippen LogP contribution in [0.2, 0.25) is 0 Å². The third kappa shape index (κ3) is 5.69. The highest BCUT2D eigenvalue weighted by Crippen LogP contribution is 2.29. The van der Waals surface area contributed by atoms with Crippen LogP contribution in [0.15, 0.2) is 47.4 Å². The highest BCUT2D eigenvalue weighted by Gasteiger charge is 2.13. The molecule has 6 heteroatoms. The van der Waals surface area contributed by atoms with Crippen molar-refractivity contribution < 1.29 is 23.7 Å². The molecule has 5 nitrogen and oxygen atoms in total. The molecule has 2 aromatic rings. The van der Waals surface area contributed by atoms with Crippen molar-refractivity contribution in [2.75, 3.05) is 27.1 Å². The van der Waals surface area contributed by atoms with Gasteiger partial charge in [0.2, 0.25) is 0 Å². The normalized spacial score (nSPS) is 11.7. The lowest BCUT2D eigenvalue weighted by Crippen LogP contribution is -2.18. The molecule has 2 rings (SSSR count). The standard InChI is InChI=1S/C19H22O5S/c1-13(12-21-2)23-16-9-14(19(20)22-3)10-17(11-16)24-15-5-7-18(25-4)8-6-15/h5-11,13H,12H2,1-4H3. The van der Waals surface area contributed by atoms with Crippen LogP contribution in [0.25, 0.3) is 0 Å². The molecule has 0 radical (unpaired) electrons. The first-order valence-corrected chi connectivity index (χ1v) is 8.99. The predicted molar refractivity (Wildman–Crippen MR) is 98.0 cm³/mol. The molecule has 0 aliphatic rings. The molecule has 0 amide bonds. The van der Waals surface area contributed by atoms with Gasteiger partial charge in [0.25, 0.3) is 0 Å². The number of rotatable bonds is 8. The van der Waals surface area contributed by atoms with E-state index in [4.69, 9.17) is 18.9 Å². The SMILES string of the molecule is COCC(C)Oc1cc(Oc2ccc(SC)cc2)cc(C(=O)OC)c1. The van der Waals surface area contributed by atoms with Crippen molar-refractivity contribution in [3.8, 4) is 17.2 Å². The molecule has 0 aromatic heterocycles. The van der Waals surface area contributed by atoms with E-state index < -0.39 is 5.97 Å². The molecule has 2 aromatic carbocycles. The van der Waals surface area contributed by atoms with Crippen LogP contribution in [0.1, 0.15) is 17.3 Å². The average molecular weight is 362 g/mol. The molecule has 134 valence electrons. The molecular formula is C19H22O5S. The fourth-order valence-corrected chi connectivity index (χ4v) is 2.62. The third-order valence-electron chi connectivity index (χ3n) is 3.33. The van der Waals surface area contributed by atoms with E-state index in [1.807, 2.05) is 37.4 Å². The zero-order chi connectivity index (χ0) is 18.2. The van der Waals surface area contributed by atoms with Gasteiger partial charge >= 0.3 is 5.97 Å². The van der Waals surface area contributed by atoms with E-state index in [0.29, 0.717) is 29.4 Å². The first-order chi connectivity index (χ1) is 12.0. The third-order valence-corrected chi connectivity index (χ3v) is 4.08. The van der Waals surface area contributed by atoms with E-state index in [2.05, 4.69) is 0 Å². The summed E-state index contributed by atoms with van der Waals surface area (Å²) < 4.78 is 21.5. The first kappa shape index (κ1) is 19.1. The minimum atomic E-state index is -0.451. The van der Waals surface area contributed by atoms with Gasteiger partial charge < -0.3 is 18.9 Å². The van der Waals surface area contributed by atoms with Crippen molar-refractivity contribution in [2.45, 2.75) is 17.9 Å². The van der Waals surface area contributed by atoms with Crippen LogP contribution in [-0.4, -0.2) is 39.2 Å². The number of hydrogen-bond donors (Lipinski definition) is 0. The Kier molecular flexibility index (Phi) is 7.16. The van der Waals surface area contributed by atoms with Crippen molar-refractivity contribution in [3.05, 3.63) is 48.0 Å². The number of methoxy groups -OCH3 is 2. The number of thioether (sulfide) groups is 1. The van der Waals surface area contributed by atoms with Gasteiger partial charge in [-0.1, -0.05) is 0 Å². The Labute approximate surface area is 152 Å². The van der Waals surface area contributed by atoms with Gasteiger partial charge in [0, 0.05) is 18.1 Å². The Hall–Kier alpha value is -2.18. The largest absolute Gasteiger partial charge is 0.488 e. The van der Waals surface area contributed by atoms with Crippen molar-refractivity contribution in [3.63, 3.8) is 0 Å². The van der Waals surface area contributed by atoms with E-state index in [1.54, 1.807) is 37.1 Å². The summed E-state index contributed by atoms with van der Waals surface area (Å²) in [4.78, 5) is 13.1. The maximum absolute atomic E-state index is 11.9. The Morgan fingerprint density at radius 3 is 2.32 bits per heavy atom. The number of hydrogen-bond acceptors (Lipinski definition) is 6. The van der Waals surface area contributed by atoms with Gasteiger partial charge in [-0.25, -0.2) is 4.79 Å². The van der Waals surface area contributed by atoms with Gasteiger partial charge in [0.15, 0.2) is 0 Å². The number of esters is 1. The lowest BCUT2D eigenvalue weighted by atomic mass is 10.2. The molecular weight excluding hydrogens is 340 g/mol. The zero-order valence-corrected chi connectivity index (χ0v) is 15.6. The van der Waals surface area contributed by atoms with Crippen molar-refractivity contribution >= 4 is 17.7 Å². The van der Waals surface area contributed by atoms with Crippen LogP contribution in [-0.2, 0) is 9.47 Å². The minimum absolute atomic E-state index is 0.161. The molecule has 0 N–H and O–H groups in total. The van der Waals surface area contributed by atoms with Gasteiger partial charge in [-0.05, 0) is 49.6 Å². The topological polar surface area (TPSA) is 54.0 Å². The molecule has 0 heterocycles. The molecule has 1 atom stereocenters. The van der Waals surface area contributed by atoms with Crippen LogP contribution in [0.5, 0.6) is 17.2 Å². The molecule has 0 bridgehead atoms. The summed E-state index contributed by atoms with van der Waals surface area (Å²) in [5.74, 6) is 1.24. The zero-order valence-electron chi connectivity index (χ0n) is 14.8. The van der Waals surface area contributed by atoms with Gasteiger partial charge in [-0.15, -0.1) is 11.8 Å². The summed E-state index contributed by atoms with van der Waals surface area (Å²) >= 11 is 1.66. The van der Waals surface area contributed by atoms with Crippen LogP contribution < -0.4 is 9.47 Å². The lowest BCUT2D eigenvalue weighted by molar-refractivity contribution is 0.0598. The maximum Gasteiger partial charge on any atom is 0.338 e. The smallest absolute Gasteiger partial charge is 0.338 e. The Bertz CT molecular complexity index is 699. The lowest BCUT2D eigenvalue weighted by Gasteiger charge is -2.16. The molecule has 25 heavy (non-hydrogen) atoms. The van der Waals surface area contributed by atoms with Crippen LogP contribution in [0.3, 0.4) is 0 Å². The first-order valence-electron chi connectivity index (χ1n) is 7.76. The molecule has 0 fully saturated rings. The molecule has 0 saturated heterocycles.